The number of nitrogens with one attached hydrogen (secondary N) is 2. The molecular weight excluding hydrogens is 296 g/mol. The molecule has 0 aliphatic carbocycles. The van der Waals surface area contributed by atoms with Gasteiger partial charge in [0.25, 0.3) is 0 Å². The number of hydrogen-bond donors (Lipinski definition) is 2. The number of sulfonamides is 1. The zero-order valence-electron chi connectivity index (χ0n) is 13.6. The summed E-state index contributed by atoms with van der Waals surface area (Å²) in [5, 5.41) is 4.74. The monoisotopic (exact) mass is 320 g/mol. The minimum Gasteiger partial charge on any atom is -0.388 e. The molecule has 0 saturated heterocycles. The lowest BCUT2D eigenvalue weighted by Crippen LogP contribution is -2.27. The molecule has 4 nitrogen and oxygen atoms in total. The summed E-state index contributed by atoms with van der Waals surface area (Å²) in [6, 6.07) is 11.0. The Morgan fingerprint density at radius 1 is 1.00 bits per heavy atom. The first-order valence-electron chi connectivity index (χ1n) is 7.44. The van der Waals surface area contributed by atoms with Gasteiger partial charge in [-0.05, 0) is 24.0 Å². The average molecular weight is 320 g/mol. The minimum absolute atomic E-state index is 0.0978. The predicted octanol–water partition coefficient (Wildman–Crippen LogP) is 3.60. The van der Waals surface area contributed by atoms with E-state index in [2.05, 4.69) is 30.8 Å². The van der Waals surface area contributed by atoms with Gasteiger partial charge in [-0.25, -0.2) is 13.1 Å². The third-order valence-electron chi connectivity index (χ3n) is 3.61. The van der Waals surface area contributed by atoms with Gasteiger partial charge in [-0.2, -0.15) is 0 Å². The van der Waals surface area contributed by atoms with Gasteiger partial charge >= 0.3 is 0 Å². The van der Waals surface area contributed by atoms with E-state index in [-0.39, 0.29) is 5.41 Å². The predicted molar refractivity (Wildman–Crippen MR) is 92.8 cm³/mol. The Bertz CT molecular complexity index is 762. The first-order chi connectivity index (χ1) is 10.2. The third-order valence-corrected chi connectivity index (χ3v) is 5.13. The summed E-state index contributed by atoms with van der Waals surface area (Å²) in [6.07, 6.45) is 0.790. The molecule has 0 heterocycles. The number of benzene rings is 2. The highest BCUT2D eigenvalue weighted by Gasteiger charge is 2.19. The summed E-state index contributed by atoms with van der Waals surface area (Å²) in [6.45, 7) is 6.73. The van der Waals surface area contributed by atoms with Crippen molar-refractivity contribution < 1.29 is 8.42 Å². The summed E-state index contributed by atoms with van der Waals surface area (Å²) in [5.41, 5.74) is 1.02. The van der Waals surface area contributed by atoms with Crippen LogP contribution in [0.4, 0.5) is 5.69 Å². The van der Waals surface area contributed by atoms with E-state index in [1.807, 2.05) is 31.3 Å². The van der Waals surface area contributed by atoms with E-state index in [9.17, 15) is 8.42 Å². The molecular formula is C17H24N2O2S. The maximum absolute atomic E-state index is 12.6. The molecule has 2 N–H and O–H groups in total. The van der Waals surface area contributed by atoms with Crippen LogP contribution in [0, 0.1) is 5.41 Å². The lowest BCUT2D eigenvalue weighted by molar-refractivity contribution is 0.378. The van der Waals surface area contributed by atoms with E-state index in [0.29, 0.717) is 11.4 Å². The van der Waals surface area contributed by atoms with Crippen LogP contribution in [-0.2, 0) is 10.0 Å². The molecule has 0 aliphatic heterocycles. The van der Waals surface area contributed by atoms with Gasteiger partial charge in [0, 0.05) is 30.1 Å². The van der Waals surface area contributed by atoms with Crippen molar-refractivity contribution in [1.29, 1.82) is 0 Å². The number of anilines is 1. The average Bonchev–Trinajstić information content (AvgIpc) is 2.44. The number of fused-ring (bicyclic) bond motifs is 1. The normalized spacial score (nSPS) is 12.5. The Morgan fingerprint density at radius 3 is 2.27 bits per heavy atom. The van der Waals surface area contributed by atoms with E-state index in [4.69, 9.17) is 0 Å². The van der Waals surface area contributed by atoms with Crippen LogP contribution in [0.5, 0.6) is 0 Å². The lowest BCUT2D eigenvalue weighted by Gasteiger charge is -2.18. The third kappa shape index (κ3) is 3.78. The fourth-order valence-corrected chi connectivity index (χ4v) is 3.62. The highest BCUT2D eigenvalue weighted by atomic mass is 32.2. The molecule has 0 spiro atoms. The van der Waals surface area contributed by atoms with Crippen molar-refractivity contribution in [2.24, 2.45) is 5.41 Å². The van der Waals surface area contributed by atoms with Crippen LogP contribution in [0.15, 0.2) is 41.3 Å². The van der Waals surface area contributed by atoms with Crippen LogP contribution in [0.25, 0.3) is 10.8 Å². The zero-order valence-corrected chi connectivity index (χ0v) is 14.4. The van der Waals surface area contributed by atoms with Gasteiger partial charge in [0.2, 0.25) is 10.0 Å². The van der Waals surface area contributed by atoms with Crippen molar-refractivity contribution in [2.75, 3.05) is 18.9 Å². The Balaban J connectivity index is 2.37. The van der Waals surface area contributed by atoms with Crippen molar-refractivity contribution >= 4 is 26.5 Å². The second kappa shape index (κ2) is 6.26. The topological polar surface area (TPSA) is 58.2 Å². The molecule has 0 saturated carbocycles. The quantitative estimate of drug-likeness (QED) is 0.885. The second-order valence-electron chi connectivity index (χ2n) is 6.62. The smallest absolute Gasteiger partial charge is 0.241 e. The molecule has 0 amide bonds. The van der Waals surface area contributed by atoms with E-state index in [0.717, 1.165) is 22.9 Å². The van der Waals surface area contributed by atoms with E-state index < -0.39 is 10.0 Å². The Morgan fingerprint density at radius 2 is 1.64 bits per heavy atom. The molecule has 0 atom stereocenters. The van der Waals surface area contributed by atoms with Gasteiger partial charge in [0.1, 0.15) is 0 Å². The second-order valence-corrected chi connectivity index (χ2v) is 8.35. The highest BCUT2D eigenvalue weighted by molar-refractivity contribution is 7.89. The first-order valence-corrected chi connectivity index (χ1v) is 8.92. The molecule has 2 aromatic rings. The number of rotatable bonds is 5. The van der Waals surface area contributed by atoms with Gasteiger partial charge in [0.05, 0.1) is 4.90 Å². The van der Waals surface area contributed by atoms with E-state index in [1.54, 1.807) is 12.1 Å². The van der Waals surface area contributed by atoms with E-state index >= 15 is 0 Å². The Hall–Kier alpha value is -1.59. The molecule has 2 aromatic carbocycles. The lowest BCUT2D eigenvalue weighted by atomic mass is 9.93. The summed E-state index contributed by atoms with van der Waals surface area (Å²) in [7, 11) is -1.68. The van der Waals surface area contributed by atoms with Crippen molar-refractivity contribution in [3.8, 4) is 0 Å². The Kier molecular flexibility index (Phi) is 4.78. The molecule has 120 valence electrons. The fourth-order valence-electron chi connectivity index (χ4n) is 2.37. The molecule has 0 bridgehead atoms. The summed E-state index contributed by atoms with van der Waals surface area (Å²) in [5.74, 6) is 0. The molecule has 0 unspecified atom stereocenters. The molecule has 2 rings (SSSR count). The minimum atomic E-state index is -3.51. The van der Waals surface area contributed by atoms with Crippen LogP contribution in [0.3, 0.4) is 0 Å². The van der Waals surface area contributed by atoms with Crippen molar-refractivity contribution in [1.82, 2.24) is 4.72 Å². The molecule has 5 heteroatoms. The van der Waals surface area contributed by atoms with Gasteiger partial charge in [0.15, 0.2) is 0 Å². The SMILES string of the molecule is CNc1cccc2c(S(=O)(=O)NCCC(C)(C)C)cccc12. The molecule has 22 heavy (non-hydrogen) atoms. The van der Waals surface area contributed by atoms with Crippen molar-refractivity contribution in [3.63, 3.8) is 0 Å². The van der Waals surface area contributed by atoms with Crippen LogP contribution < -0.4 is 10.0 Å². The summed E-state index contributed by atoms with van der Waals surface area (Å²) >= 11 is 0. The van der Waals surface area contributed by atoms with Crippen LogP contribution >= 0.6 is 0 Å². The maximum Gasteiger partial charge on any atom is 0.241 e. The van der Waals surface area contributed by atoms with Gasteiger partial charge in [-0.1, -0.05) is 45.0 Å². The first kappa shape index (κ1) is 16.8. The highest BCUT2D eigenvalue weighted by Crippen LogP contribution is 2.28. The molecule has 0 fully saturated rings. The summed E-state index contributed by atoms with van der Waals surface area (Å²) in [4.78, 5) is 0.330. The molecule has 0 radical (unpaired) electrons. The number of hydrogen-bond acceptors (Lipinski definition) is 3. The molecule has 0 aromatic heterocycles. The van der Waals surface area contributed by atoms with Crippen LogP contribution in [0.1, 0.15) is 27.2 Å². The largest absolute Gasteiger partial charge is 0.388 e. The van der Waals surface area contributed by atoms with Crippen LogP contribution in [0.2, 0.25) is 0 Å². The van der Waals surface area contributed by atoms with E-state index in [1.165, 1.54) is 0 Å². The van der Waals surface area contributed by atoms with Gasteiger partial charge in [-0.15, -0.1) is 0 Å². The molecule has 0 aliphatic rings. The Labute approximate surface area is 133 Å². The van der Waals surface area contributed by atoms with Crippen molar-refractivity contribution in [2.45, 2.75) is 32.1 Å². The van der Waals surface area contributed by atoms with Crippen LogP contribution in [-0.4, -0.2) is 22.0 Å². The van der Waals surface area contributed by atoms with Gasteiger partial charge < -0.3 is 5.32 Å². The zero-order chi connectivity index (χ0) is 16.4. The summed E-state index contributed by atoms with van der Waals surface area (Å²) < 4.78 is 27.9. The maximum atomic E-state index is 12.6. The fraction of sp³-hybridized carbons (Fsp3) is 0.412. The van der Waals surface area contributed by atoms with Gasteiger partial charge in [-0.3, -0.25) is 0 Å². The van der Waals surface area contributed by atoms with Crippen molar-refractivity contribution in [3.05, 3.63) is 36.4 Å². The standard InChI is InChI=1S/C17H24N2O2S/c1-17(2,3)11-12-19-22(20,21)16-10-6-7-13-14(16)8-5-9-15(13)18-4/h5-10,18-19H,11-12H2,1-4H3.